The third kappa shape index (κ3) is 3.54. The smallest absolute Gasteiger partial charge is 0.340 e. The molecule has 0 saturated heterocycles. The molecule has 0 unspecified atom stereocenters. The van der Waals surface area contributed by atoms with E-state index >= 15 is 0 Å². The number of nitrogens with one attached hydrogen (secondary N) is 1. The highest BCUT2D eigenvalue weighted by atomic mass is 79.9. The monoisotopic (exact) mass is 456 g/mol. The van der Waals surface area contributed by atoms with Crippen molar-refractivity contribution in [3.05, 3.63) is 74.9 Å². The number of carbonyl (C=O) groups is 1. The molecule has 146 valence electrons. The number of aromatic nitrogens is 1. The Labute approximate surface area is 164 Å². The van der Waals surface area contributed by atoms with Gasteiger partial charge in [-0.25, -0.2) is 4.39 Å². The van der Waals surface area contributed by atoms with Gasteiger partial charge in [0.1, 0.15) is 5.82 Å². The molecule has 1 amide bonds. The maximum atomic E-state index is 14.4. The molecule has 3 rings (SSSR count). The first-order valence-electron chi connectivity index (χ1n) is 8.08. The van der Waals surface area contributed by atoms with Gasteiger partial charge >= 0.3 is 12.1 Å². The largest absolute Gasteiger partial charge is 0.471 e. The second-order valence-electron chi connectivity index (χ2n) is 6.03. The quantitative estimate of drug-likeness (QED) is 0.584. The number of hydrogen-bond acceptors (Lipinski definition) is 2. The number of fused-ring (bicyclic) bond motifs is 1. The van der Waals surface area contributed by atoms with Gasteiger partial charge in [-0.2, -0.15) is 13.2 Å². The van der Waals surface area contributed by atoms with Crippen LogP contribution in [0.4, 0.5) is 17.6 Å². The van der Waals surface area contributed by atoms with Crippen molar-refractivity contribution in [2.45, 2.75) is 19.1 Å². The van der Waals surface area contributed by atoms with Crippen molar-refractivity contribution in [3.8, 4) is 5.69 Å². The summed E-state index contributed by atoms with van der Waals surface area (Å²) < 4.78 is 53.7. The van der Waals surface area contributed by atoms with E-state index in [0.29, 0.717) is 5.69 Å². The van der Waals surface area contributed by atoms with Crippen LogP contribution in [-0.2, 0) is 4.79 Å². The van der Waals surface area contributed by atoms with Gasteiger partial charge in [0.05, 0.1) is 17.1 Å². The van der Waals surface area contributed by atoms with E-state index in [1.165, 1.54) is 19.1 Å². The van der Waals surface area contributed by atoms with Gasteiger partial charge in [0.2, 0.25) is 0 Å². The molecule has 4 nitrogen and oxygen atoms in total. The summed E-state index contributed by atoms with van der Waals surface area (Å²) >= 11 is 3.28. The summed E-state index contributed by atoms with van der Waals surface area (Å²) in [5.74, 6) is -2.90. The molecular formula is C19H13BrF4N2O2. The predicted octanol–water partition coefficient (Wildman–Crippen LogP) is 4.63. The molecule has 1 aromatic heterocycles. The average Bonchev–Trinajstić information content (AvgIpc) is 2.64. The first-order valence-corrected chi connectivity index (χ1v) is 8.88. The number of halogens is 5. The predicted molar refractivity (Wildman–Crippen MR) is 99.8 cm³/mol. The van der Waals surface area contributed by atoms with Crippen molar-refractivity contribution in [2.24, 2.45) is 0 Å². The van der Waals surface area contributed by atoms with Gasteiger partial charge < -0.3 is 5.32 Å². The number of amides is 1. The fraction of sp³-hybridized carbons (Fsp3) is 0.158. The van der Waals surface area contributed by atoms with Gasteiger partial charge in [-0.15, -0.1) is 0 Å². The molecular weight excluding hydrogens is 444 g/mol. The standard InChI is InChI=1S/C19H13BrF4N2O2/c1-10(25-18(28)19(22,23)24)16-15(20)12-8-5-9-13(21)14(12)17(27)26(16)11-6-3-2-4-7-11/h2-10H,1H3,(H,25,28)/t10-/m0/s1. The van der Waals surface area contributed by atoms with Crippen LogP contribution < -0.4 is 10.9 Å². The molecule has 0 spiro atoms. The topological polar surface area (TPSA) is 51.1 Å². The third-order valence-electron chi connectivity index (χ3n) is 4.16. The highest BCUT2D eigenvalue weighted by molar-refractivity contribution is 9.10. The number of benzene rings is 2. The Balaban J connectivity index is 2.33. The van der Waals surface area contributed by atoms with Crippen LogP contribution in [0.2, 0.25) is 0 Å². The lowest BCUT2D eigenvalue weighted by Gasteiger charge is -2.23. The molecule has 0 aliphatic heterocycles. The van der Waals surface area contributed by atoms with Gasteiger partial charge in [-0.1, -0.05) is 30.3 Å². The van der Waals surface area contributed by atoms with Gasteiger partial charge in [0.15, 0.2) is 0 Å². The molecule has 1 heterocycles. The molecule has 1 atom stereocenters. The minimum atomic E-state index is -5.08. The summed E-state index contributed by atoms with van der Waals surface area (Å²) in [6, 6.07) is 10.8. The molecule has 0 radical (unpaired) electrons. The van der Waals surface area contributed by atoms with E-state index in [-0.39, 0.29) is 20.9 Å². The Kier molecular flexibility index (Phi) is 5.29. The van der Waals surface area contributed by atoms with Crippen molar-refractivity contribution >= 4 is 32.6 Å². The Morgan fingerprint density at radius 2 is 1.75 bits per heavy atom. The van der Waals surface area contributed by atoms with Crippen LogP contribution in [0.3, 0.4) is 0 Å². The van der Waals surface area contributed by atoms with Crippen molar-refractivity contribution in [3.63, 3.8) is 0 Å². The van der Waals surface area contributed by atoms with Crippen LogP contribution in [0.15, 0.2) is 57.8 Å². The lowest BCUT2D eigenvalue weighted by atomic mass is 10.1. The van der Waals surface area contributed by atoms with Gasteiger partial charge in [-0.3, -0.25) is 14.2 Å². The maximum Gasteiger partial charge on any atom is 0.471 e. The van der Waals surface area contributed by atoms with Gasteiger partial charge in [0, 0.05) is 15.5 Å². The van der Waals surface area contributed by atoms with Gasteiger partial charge in [0.25, 0.3) is 5.56 Å². The average molecular weight is 457 g/mol. The molecule has 0 fully saturated rings. The van der Waals surface area contributed by atoms with Crippen LogP contribution in [0.25, 0.3) is 16.5 Å². The zero-order chi connectivity index (χ0) is 20.6. The number of alkyl halides is 3. The van der Waals surface area contributed by atoms with E-state index < -0.39 is 29.5 Å². The van der Waals surface area contributed by atoms with Crippen LogP contribution in [0.5, 0.6) is 0 Å². The molecule has 0 aliphatic rings. The van der Waals surface area contributed by atoms with Crippen LogP contribution in [-0.4, -0.2) is 16.7 Å². The van der Waals surface area contributed by atoms with Crippen LogP contribution >= 0.6 is 15.9 Å². The zero-order valence-electron chi connectivity index (χ0n) is 14.3. The fourth-order valence-electron chi connectivity index (χ4n) is 2.95. The second kappa shape index (κ2) is 7.38. The number of rotatable bonds is 3. The first kappa shape index (κ1) is 20.1. The van der Waals surface area contributed by atoms with E-state index in [0.717, 1.165) is 10.6 Å². The van der Waals surface area contributed by atoms with E-state index in [1.54, 1.807) is 30.3 Å². The van der Waals surface area contributed by atoms with E-state index in [9.17, 15) is 27.2 Å². The Morgan fingerprint density at radius 3 is 2.36 bits per heavy atom. The molecule has 0 bridgehead atoms. The van der Waals surface area contributed by atoms with Gasteiger partial charge in [-0.05, 0) is 41.1 Å². The minimum absolute atomic E-state index is 0.0619. The summed E-state index contributed by atoms with van der Waals surface area (Å²) in [5.41, 5.74) is -0.362. The van der Waals surface area contributed by atoms with Crippen LogP contribution in [0.1, 0.15) is 18.7 Å². The Morgan fingerprint density at radius 1 is 1.11 bits per heavy atom. The van der Waals surface area contributed by atoms with E-state index in [2.05, 4.69) is 15.9 Å². The molecule has 9 heteroatoms. The number of nitrogens with zero attached hydrogens (tertiary/aromatic N) is 1. The summed E-state index contributed by atoms with van der Waals surface area (Å²) in [6.45, 7) is 1.31. The first-order chi connectivity index (χ1) is 13.1. The second-order valence-corrected chi connectivity index (χ2v) is 6.82. The highest BCUT2D eigenvalue weighted by Gasteiger charge is 2.40. The molecule has 1 N–H and O–H groups in total. The van der Waals surface area contributed by atoms with Crippen molar-refractivity contribution in [1.29, 1.82) is 0 Å². The number of para-hydroxylation sites is 1. The Hall–Kier alpha value is -2.68. The molecule has 2 aromatic carbocycles. The summed E-state index contributed by atoms with van der Waals surface area (Å²) in [4.78, 5) is 24.5. The SMILES string of the molecule is C[C@H](NC(=O)C(F)(F)F)c1c(Br)c2cccc(F)c2c(=O)n1-c1ccccc1. The normalized spacial score (nSPS) is 12.8. The lowest BCUT2D eigenvalue weighted by Crippen LogP contribution is -2.40. The number of pyridine rings is 1. The Bertz CT molecular complexity index is 1110. The van der Waals surface area contributed by atoms with Crippen molar-refractivity contribution in [1.82, 2.24) is 9.88 Å². The molecule has 0 saturated carbocycles. The summed E-state index contributed by atoms with van der Waals surface area (Å²) in [6.07, 6.45) is -5.08. The maximum absolute atomic E-state index is 14.4. The van der Waals surface area contributed by atoms with Crippen molar-refractivity contribution < 1.29 is 22.4 Å². The van der Waals surface area contributed by atoms with E-state index in [4.69, 9.17) is 0 Å². The molecule has 0 aliphatic carbocycles. The fourth-order valence-corrected chi connectivity index (χ4v) is 3.80. The van der Waals surface area contributed by atoms with E-state index in [1.807, 2.05) is 5.32 Å². The number of carbonyl (C=O) groups excluding carboxylic acids is 1. The van der Waals surface area contributed by atoms with Crippen molar-refractivity contribution in [2.75, 3.05) is 0 Å². The minimum Gasteiger partial charge on any atom is -0.340 e. The number of hydrogen-bond donors (Lipinski definition) is 1. The van der Waals surface area contributed by atoms with Crippen LogP contribution in [0, 0.1) is 5.82 Å². The third-order valence-corrected chi connectivity index (χ3v) is 5.00. The molecule has 3 aromatic rings. The summed E-state index contributed by atoms with van der Waals surface area (Å²) in [5, 5.41) is 1.83. The molecule has 28 heavy (non-hydrogen) atoms. The lowest BCUT2D eigenvalue weighted by molar-refractivity contribution is -0.174. The summed E-state index contributed by atoms with van der Waals surface area (Å²) in [7, 11) is 0. The zero-order valence-corrected chi connectivity index (χ0v) is 15.9. The highest BCUT2D eigenvalue weighted by Crippen LogP contribution is 2.32.